The number of hydrogen-bond acceptors (Lipinski definition) is 8. The van der Waals surface area contributed by atoms with E-state index in [1.54, 1.807) is 23.8 Å². The second kappa shape index (κ2) is 32.3. The number of nitrogens with zero attached hydrogens (tertiary/aromatic N) is 1. The summed E-state index contributed by atoms with van der Waals surface area (Å²) in [4.78, 5) is 25.4. The minimum absolute atomic E-state index is 0.0787. The standard InChI is InChI=1S/C63H105NO7/c1-10-34-64(35-11-2)36-37-68-38-39-69-40-41-70-56-29-32-63(8,33-30-56)31-28-53(52-22-23-52)21-20-48(4)43-51(7)59(55-26-27-55)45-58(54-24-25-54)50(6)42-47(3)16-13-12-14-17-49(5)62(67-9)44-57-18-15-19-61(71-57)60(66)46-65/h12-14,16-17,43,46-48,50,52-53,55-57,59,61-62H,10-11,15,18-42,44-45H2,1-9H3/b14-12+,16-13+,49-17+,51-43+. The van der Waals surface area contributed by atoms with E-state index in [1.807, 2.05) is 0 Å². The first-order valence-electron chi connectivity index (χ1n) is 29.4. The zero-order valence-electron chi connectivity index (χ0n) is 46.9. The normalized spacial score (nSPS) is 25.9. The van der Waals surface area contributed by atoms with Crippen LogP contribution in [0.25, 0.3) is 0 Å². The second-order valence-electron chi connectivity index (χ2n) is 23.8. The van der Waals surface area contributed by atoms with E-state index in [1.165, 1.54) is 116 Å². The van der Waals surface area contributed by atoms with Crippen LogP contribution in [0.3, 0.4) is 0 Å². The molecule has 0 spiro atoms. The number of hydrogen-bond donors (Lipinski definition) is 0. The van der Waals surface area contributed by atoms with E-state index in [2.05, 4.69) is 96.7 Å². The molecule has 0 aromatic heterocycles. The predicted molar refractivity (Wildman–Crippen MR) is 294 cm³/mol. The van der Waals surface area contributed by atoms with Gasteiger partial charge in [0.2, 0.25) is 5.78 Å². The summed E-state index contributed by atoms with van der Waals surface area (Å²) in [5.41, 5.74) is 6.81. The number of ether oxygens (including phenoxy) is 5. The van der Waals surface area contributed by atoms with Crippen LogP contribution in [-0.2, 0) is 33.3 Å². The minimum Gasteiger partial charge on any atom is -0.378 e. The van der Waals surface area contributed by atoms with Crippen molar-refractivity contribution in [2.45, 2.75) is 221 Å². The zero-order chi connectivity index (χ0) is 51.0. The van der Waals surface area contributed by atoms with Gasteiger partial charge in [-0.15, -0.1) is 0 Å². The molecule has 1 saturated heterocycles. The first-order valence-corrected chi connectivity index (χ1v) is 29.4. The van der Waals surface area contributed by atoms with Gasteiger partial charge in [0.05, 0.1) is 51.3 Å². The summed E-state index contributed by atoms with van der Waals surface area (Å²) in [6.07, 6.45) is 40.4. The molecule has 8 atom stereocenters. The van der Waals surface area contributed by atoms with Crippen molar-refractivity contribution in [3.63, 3.8) is 0 Å². The minimum atomic E-state index is -0.603. The fourth-order valence-corrected chi connectivity index (χ4v) is 12.3. The van der Waals surface area contributed by atoms with Crippen LogP contribution in [0, 0.1) is 46.8 Å². The van der Waals surface area contributed by atoms with Crippen molar-refractivity contribution >= 4 is 12.1 Å². The Balaban J connectivity index is 0.987. The Hall–Kier alpha value is -2.20. The number of Topliss-reactive ketones (excluding diaryl/α,β-unsaturated/α-hetero) is 1. The zero-order valence-corrected chi connectivity index (χ0v) is 46.9. The molecule has 71 heavy (non-hydrogen) atoms. The summed E-state index contributed by atoms with van der Waals surface area (Å²) in [6.45, 7) is 25.8. The Morgan fingerprint density at radius 1 is 0.789 bits per heavy atom. The molecule has 0 aromatic carbocycles. The van der Waals surface area contributed by atoms with Crippen molar-refractivity contribution in [1.29, 1.82) is 0 Å². The molecule has 1 aliphatic heterocycles. The molecule has 8 heteroatoms. The third-order valence-electron chi connectivity index (χ3n) is 17.2. The van der Waals surface area contributed by atoms with Gasteiger partial charge in [-0.3, -0.25) is 9.59 Å². The molecule has 0 N–H and O–H groups in total. The van der Waals surface area contributed by atoms with Gasteiger partial charge in [-0.05, 0) is 214 Å². The number of ketones is 1. The molecule has 4 saturated carbocycles. The van der Waals surface area contributed by atoms with Crippen LogP contribution in [0.2, 0.25) is 0 Å². The van der Waals surface area contributed by atoms with E-state index in [-0.39, 0.29) is 12.2 Å². The fraction of sp³-hybridized carbons (Fsp3) is 0.810. The Bertz CT molecular complexity index is 1680. The smallest absolute Gasteiger partial charge is 0.223 e. The lowest BCUT2D eigenvalue weighted by atomic mass is 9.70. The van der Waals surface area contributed by atoms with Gasteiger partial charge >= 0.3 is 0 Å². The van der Waals surface area contributed by atoms with E-state index in [4.69, 9.17) is 23.7 Å². The average Bonchev–Trinajstić information content (AvgIpc) is 4.18. The van der Waals surface area contributed by atoms with Crippen LogP contribution in [-0.4, -0.2) is 101 Å². The molecule has 0 bridgehead atoms. The van der Waals surface area contributed by atoms with Gasteiger partial charge in [0.25, 0.3) is 0 Å². The van der Waals surface area contributed by atoms with Gasteiger partial charge < -0.3 is 28.6 Å². The number of carbonyl (C=O) groups excluding carboxylic acids is 2. The van der Waals surface area contributed by atoms with Gasteiger partial charge in [0.1, 0.15) is 6.10 Å². The van der Waals surface area contributed by atoms with Gasteiger partial charge in [-0.25, -0.2) is 0 Å². The Kier molecular flexibility index (Phi) is 27.1. The first kappa shape index (κ1) is 59.7. The second-order valence-corrected chi connectivity index (χ2v) is 23.8. The summed E-state index contributed by atoms with van der Waals surface area (Å²) in [5, 5.41) is 0. The highest BCUT2D eigenvalue weighted by Gasteiger charge is 2.37. The SMILES string of the molecule is CCCN(CCC)CCOCCOCCOC1CCC(C)(CCC(CCC(C)/C=C(\C)C(CC(=C2CC2)C(C)CC(C)/C=C/C=C/C=C(\C)C(CC2CCCC(C(=O)C=O)O2)OC)C2CC2)C2CC2)CC1. The van der Waals surface area contributed by atoms with E-state index in [0.29, 0.717) is 80.7 Å². The van der Waals surface area contributed by atoms with Crippen molar-refractivity contribution in [2.24, 2.45) is 46.8 Å². The van der Waals surface area contributed by atoms with Crippen LogP contribution in [0.15, 0.2) is 58.7 Å². The molecule has 5 fully saturated rings. The summed E-state index contributed by atoms with van der Waals surface area (Å²) < 4.78 is 29.8. The molecule has 404 valence electrons. The molecule has 8 nitrogen and oxygen atoms in total. The molecule has 0 radical (unpaired) electrons. The van der Waals surface area contributed by atoms with Crippen LogP contribution in [0.5, 0.6) is 0 Å². The van der Waals surface area contributed by atoms with E-state index < -0.39 is 11.9 Å². The molecule has 5 aliphatic rings. The molecular formula is C63H105NO7. The molecule has 8 unspecified atom stereocenters. The van der Waals surface area contributed by atoms with Crippen LogP contribution >= 0.6 is 0 Å². The Morgan fingerprint density at radius 2 is 1.48 bits per heavy atom. The molecule has 1 heterocycles. The molecule has 4 aliphatic carbocycles. The quantitative estimate of drug-likeness (QED) is 0.0199. The summed E-state index contributed by atoms with van der Waals surface area (Å²) in [5.74, 6) is 4.76. The molecule has 0 amide bonds. The highest BCUT2D eigenvalue weighted by atomic mass is 16.5. The first-order chi connectivity index (χ1) is 34.3. The van der Waals surface area contributed by atoms with Gasteiger partial charge in [-0.1, -0.05) is 94.7 Å². The molecular weight excluding hydrogens is 883 g/mol. The maximum Gasteiger partial charge on any atom is 0.223 e. The Labute approximate surface area is 435 Å². The average molecular weight is 989 g/mol. The third-order valence-corrected chi connectivity index (χ3v) is 17.2. The van der Waals surface area contributed by atoms with E-state index >= 15 is 0 Å². The maximum absolute atomic E-state index is 11.9. The van der Waals surface area contributed by atoms with Crippen molar-refractivity contribution in [3.8, 4) is 0 Å². The van der Waals surface area contributed by atoms with Crippen LogP contribution in [0.1, 0.15) is 197 Å². The lowest BCUT2D eigenvalue weighted by Gasteiger charge is -2.38. The summed E-state index contributed by atoms with van der Waals surface area (Å²) in [7, 11) is 1.73. The lowest BCUT2D eigenvalue weighted by molar-refractivity contribution is -0.145. The monoisotopic (exact) mass is 988 g/mol. The van der Waals surface area contributed by atoms with Crippen LogP contribution < -0.4 is 0 Å². The van der Waals surface area contributed by atoms with E-state index in [9.17, 15) is 9.59 Å². The number of rotatable bonds is 38. The molecule has 5 rings (SSSR count). The van der Waals surface area contributed by atoms with Crippen molar-refractivity contribution < 1.29 is 33.3 Å². The number of carbonyl (C=O) groups is 2. The largest absolute Gasteiger partial charge is 0.378 e. The van der Waals surface area contributed by atoms with Crippen molar-refractivity contribution in [1.82, 2.24) is 4.90 Å². The number of allylic oxidation sites excluding steroid dienone is 9. The van der Waals surface area contributed by atoms with Crippen molar-refractivity contribution in [3.05, 3.63) is 58.7 Å². The predicted octanol–water partition coefficient (Wildman–Crippen LogP) is 14.6. The summed E-state index contributed by atoms with van der Waals surface area (Å²) >= 11 is 0. The lowest BCUT2D eigenvalue weighted by Crippen LogP contribution is -2.36. The van der Waals surface area contributed by atoms with Gasteiger partial charge in [-0.2, -0.15) is 0 Å². The van der Waals surface area contributed by atoms with Gasteiger partial charge in [0, 0.05) is 20.1 Å². The Morgan fingerprint density at radius 3 is 2.13 bits per heavy atom. The fourth-order valence-electron chi connectivity index (χ4n) is 12.3. The van der Waals surface area contributed by atoms with Gasteiger partial charge in [0.15, 0.2) is 6.29 Å². The third kappa shape index (κ3) is 22.7. The highest BCUT2D eigenvalue weighted by molar-refractivity contribution is 6.27. The molecule has 0 aromatic rings. The highest BCUT2D eigenvalue weighted by Crippen LogP contribution is 2.49. The van der Waals surface area contributed by atoms with E-state index in [0.717, 1.165) is 62.4 Å². The van der Waals surface area contributed by atoms with Crippen LogP contribution in [0.4, 0.5) is 0 Å². The topological polar surface area (TPSA) is 83.5 Å². The summed E-state index contributed by atoms with van der Waals surface area (Å²) in [6, 6.07) is 0. The number of methoxy groups -OCH3 is 1. The van der Waals surface area contributed by atoms with Crippen molar-refractivity contribution in [2.75, 3.05) is 59.8 Å². The number of aldehydes is 1. The maximum atomic E-state index is 11.9.